The Morgan fingerprint density at radius 3 is 2.51 bits per heavy atom. The maximum atomic E-state index is 13.2. The van der Waals surface area contributed by atoms with Crippen molar-refractivity contribution in [1.29, 1.82) is 5.26 Å². The largest absolute Gasteiger partial charge is 0.495 e. The van der Waals surface area contributed by atoms with Gasteiger partial charge in [0.05, 0.1) is 24.5 Å². The minimum Gasteiger partial charge on any atom is -0.495 e. The van der Waals surface area contributed by atoms with Crippen molar-refractivity contribution in [3.63, 3.8) is 0 Å². The number of amides is 1. The molecule has 302 valence electrons. The summed E-state index contributed by atoms with van der Waals surface area (Å²) in [7, 11) is 1.55. The van der Waals surface area contributed by atoms with Crippen LogP contribution in [-0.2, 0) is 0 Å². The van der Waals surface area contributed by atoms with Gasteiger partial charge < -0.3 is 19.7 Å². The average molecular weight is 809 g/mol. The predicted octanol–water partition coefficient (Wildman–Crippen LogP) is 7.82. The summed E-state index contributed by atoms with van der Waals surface area (Å²) in [6, 6.07) is 15.5. The third-order valence-corrected chi connectivity index (χ3v) is 14.1. The summed E-state index contributed by atoms with van der Waals surface area (Å²) in [5.74, 6) is 3.73. The number of anilines is 1. The number of rotatable bonds is 8. The Kier molecular flexibility index (Phi) is 10.2. The molecule has 1 spiro atoms. The second-order valence-electron chi connectivity index (χ2n) is 16.5. The Balaban J connectivity index is 0.770. The summed E-state index contributed by atoms with van der Waals surface area (Å²) < 4.78 is 13.6. The number of fused-ring (bicyclic) bond motifs is 3. The van der Waals surface area contributed by atoms with Crippen LogP contribution in [0.15, 0.2) is 60.2 Å². The molecule has 13 nitrogen and oxygen atoms in total. The molecule has 2 saturated carbocycles. The molecule has 6 heterocycles. The zero-order valence-corrected chi connectivity index (χ0v) is 34.8. The molecule has 0 atom stereocenters. The second-order valence-corrected chi connectivity index (χ2v) is 17.7. The molecule has 0 unspecified atom stereocenters. The fraction of sp³-hybridized carbons (Fsp3) is 0.422. The lowest BCUT2D eigenvalue weighted by molar-refractivity contribution is 0.0888. The number of thiophene rings is 1. The molecular weight excluding hydrogens is 761 g/mol. The van der Waals surface area contributed by atoms with Crippen LogP contribution < -0.4 is 19.7 Å². The minimum absolute atomic E-state index is 0.0381. The summed E-state index contributed by atoms with van der Waals surface area (Å²) >= 11 is 1.74. The highest BCUT2D eigenvalue weighted by molar-refractivity contribution is 7.15. The number of carbonyl (C=O) groups is 1. The van der Waals surface area contributed by atoms with Crippen molar-refractivity contribution in [2.75, 3.05) is 25.1 Å². The number of nitriles is 1. The smallest absolute Gasteiger partial charge is 0.272 e. The van der Waals surface area contributed by atoms with E-state index in [-0.39, 0.29) is 23.5 Å². The fourth-order valence-corrected chi connectivity index (χ4v) is 10.6. The first-order valence-electron chi connectivity index (χ1n) is 20.5. The number of hydrogen-bond acceptors (Lipinski definition) is 12. The van der Waals surface area contributed by atoms with E-state index in [4.69, 9.17) is 19.5 Å². The number of carbonyl (C=O) groups excluding carboxylic acids is 1. The van der Waals surface area contributed by atoms with Crippen LogP contribution in [0.4, 0.5) is 5.82 Å². The van der Waals surface area contributed by atoms with E-state index in [9.17, 15) is 10.1 Å². The summed E-state index contributed by atoms with van der Waals surface area (Å²) in [6.45, 7) is 12.4. The van der Waals surface area contributed by atoms with E-state index in [1.807, 2.05) is 19.2 Å². The molecule has 4 aromatic heterocycles. The molecule has 14 heteroatoms. The van der Waals surface area contributed by atoms with Gasteiger partial charge in [0.2, 0.25) is 0 Å². The average Bonchev–Trinajstić information content (AvgIpc) is 3.92. The van der Waals surface area contributed by atoms with Crippen LogP contribution in [0.2, 0.25) is 0 Å². The van der Waals surface area contributed by atoms with Gasteiger partial charge in [0.1, 0.15) is 34.1 Å². The SMILES string of the molecule is C=C1N=C(c2ccc(C3CCC4(CC3)CCN(c3ccc(C(=O)NC5CCC(Oc6ccc(C#N)c(OC)c6)CC5)nn3)C4)nc2)c2c(sc(C)c2C)-n2c(C)nnc21. The zero-order valence-electron chi connectivity index (χ0n) is 34.0. The van der Waals surface area contributed by atoms with E-state index in [2.05, 4.69) is 73.8 Å². The minimum atomic E-state index is -0.197. The van der Waals surface area contributed by atoms with Crippen molar-refractivity contribution in [3.8, 4) is 22.6 Å². The van der Waals surface area contributed by atoms with E-state index in [0.717, 1.165) is 110 Å². The van der Waals surface area contributed by atoms with E-state index in [1.165, 1.54) is 10.4 Å². The van der Waals surface area contributed by atoms with Gasteiger partial charge in [0.25, 0.3) is 5.91 Å². The zero-order chi connectivity index (χ0) is 40.8. The van der Waals surface area contributed by atoms with Gasteiger partial charge >= 0.3 is 0 Å². The topological polar surface area (TPSA) is 156 Å². The van der Waals surface area contributed by atoms with Crippen molar-refractivity contribution in [2.45, 2.75) is 96.6 Å². The van der Waals surface area contributed by atoms with Crippen LogP contribution in [0.25, 0.3) is 10.7 Å². The van der Waals surface area contributed by atoms with Gasteiger partial charge in [-0.3, -0.25) is 14.3 Å². The van der Waals surface area contributed by atoms with Crippen LogP contribution in [0.1, 0.15) is 119 Å². The van der Waals surface area contributed by atoms with Gasteiger partial charge in [-0.1, -0.05) is 6.58 Å². The van der Waals surface area contributed by atoms with Crippen molar-refractivity contribution in [3.05, 3.63) is 105 Å². The van der Waals surface area contributed by atoms with E-state index >= 15 is 0 Å². The number of benzene rings is 1. The molecule has 2 aliphatic heterocycles. The Morgan fingerprint density at radius 2 is 1.80 bits per heavy atom. The highest BCUT2D eigenvalue weighted by atomic mass is 32.1. The monoisotopic (exact) mass is 808 g/mol. The Bertz CT molecular complexity index is 2480. The van der Waals surface area contributed by atoms with Gasteiger partial charge in [-0.15, -0.1) is 31.7 Å². The molecule has 5 aromatic rings. The van der Waals surface area contributed by atoms with Crippen LogP contribution in [-0.4, -0.2) is 73.9 Å². The lowest BCUT2D eigenvalue weighted by atomic mass is 9.69. The van der Waals surface area contributed by atoms with Crippen LogP contribution in [0, 0.1) is 37.5 Å². The number of aryl methyl sites for hydroxylation is 2. The van der Waals surface area contributed by atoms with E-state index in [0.29, 0.717) is 40.2 Å². The molecule has 59 heavy (non-hydrogen) atoms. The van der Waals surface area contributed by atoms with Crippen molar-refractivity contribution >= 4 is 34.5 Å². The Hall–Kier alpha value is -5.94. The summed E-state index contributed by atoms with van der Waals surface area (Å²) in [5, 5.41) is 31.1. The molecule has 0 bridgehead atoms. The number of ether oxygens (including phenoxy) is 2. The molecule has 1 saturated heterocycles. The van der Waals surface area contributed by atoms with Crippen molar-refractivity contribution < 1.29 is 14.3 Å². The summed E-state index contributed by atoms with van der Waals surface area (Å²) in [4.78, 5) is 26.8. The summed E-state index contributed by atoms with van der Waals surface area (Å²) in [5.41, 5.74) is 6.97. The molecular formula is C45H48N10O3S. The first-order valence-corrected chi connectivity index (χ1v) is 21.3. The Labute approximate surface area is 348 Å². The fourth-order valence-electron chi connectivity index (χ4n) is 9.37. The highest BCUT2D eigenvalue weighted by Gasteiger charge is 2.42. The number of nitrogens with zero attached hydrogens (tertiary/aromatic N) is 9. The molecule has 4 aliphatic rings. The molecule has 1 amide bonds. The van der Waals surface area contributed by atoms with Gasteiger partial charge in [-0.25, -0.2) is 4.99 Å². The number of aliphatic imine (C=N–C) groups is 1. The molecule has 0 radical (unpaired) electrons. The summed E-state index contributed by atoms with van der Waals surface area (Å²) in [6.07, 6.45) is 10.9. The van der Waals surface area contributed by atoms with Crippen molar-refractivity contribution in [1.82, 2.24) is 35.3 Å². The van der Waals surface area contributed by atoms with Gasteiger partial charge in [0, 0.05) is 59.0 Å². The quantitative estimate of drug-likeness (QED) is 0.164. The number of pyridine rings is 1. The lowest BCUT2D eigenvalue weighted by Gasteiger charge is -2.37. The molecule has 9 rings (SSSR count). The van der Waals surface area contributed by atoms with Crippen LogP contribution >= 0.6 is 11.3 Å². The third-order valence-electron chi connectivity index (χ3n) is 12.9. The normalized spacial score (nSPS) is 22.6. The third kappa shape index (κ3) is 7.37. The highest BCUT2D eigenvalue weighted by Crippen LogP contribution is 2.48. The first-order chi connectivity index (χ1) is 28.6. The maximum Gasteiger partial charge on any atom is 0.272 e. The first kappa shape index (κ1) is 38.6. The molecule has 2 aliphatic carbocycles. The van der Waals surface area contributed by atoms with Crippen LogP contribution in [0.5, 0.6) is 11.5 Å². The maximum absolute atomic E-state index is 13.2. The number of nitrogens with one attached hydrogen (secondary N) is 1. The number of hydrogen-bond donors (Lipinski definition) is 1. The van der Waals surface area contributed by atoms with E-state index < -0.39 is 0 Å². The molecule has 3 fully saturated rings. The standard InChI is InChI=1S/C45H48N10O3S/c1-26-28(3)59-44-40(26)41(48-27(2)42-53-50-29(4)55(42)44)32-7-13-36(47-24-32)30-16-18-45(19-17-30)20-21-54(25-45)39-15-14-37(51-52-39)43(56)49-33-8-11-34(12-9-33)58-35-10-6-31(23-46)38(22-35)57-5/h6-7,10,13-15,22,24,30,33-34H,2,8-9,11-12,16-21,25H2,1,3-5H3,(H,49,56). The van der Waals surface area contributed by atoms with E-state index in [1.54, 1.807) is 42.7 Å². The number of methoxy groups -OCH3 is 1. The molecule has 1 aromatic carbocycles. The Morgan fingerprint density at radius 1 is 0.983 bits per heavy atom. The molecule has 1 N–H and O–H groups in total. The van der Waals surface area contributed by atoms with Gasteiger partial charge in [0.15, 0.2) is 17.3 Å². The number of aromatic nitrogens is 6. The van der Waals surface area contributed by atoms with Gasteiger partial charge in [-0.05, 0) is 126 Å². The lowest BCUT2D eigenvalue weighted by Crippen LogP contribution is -2.40. The van der Waals surface area contributed by atoms with Crippen LogP contribution in [0.3, 0.4) is 0 Å². The second kappa shape index (κ2) is 15.7. The van der Waals surface area contributed by atoms with Gasteiger partial charge in [-0.2, -0.15) is 5.26 Å². The van der Waals surface area contributed by atoms with Crippen molar-refractivity contribution in [2.24, 2.45) is 10.4 Å². The predicted molar refractivity (Wildman–Crippen MR) is 227 cm³/mol.